The number of nitrogens with one attached hydrogen (secondary N) is 2. The Hall–Kier alpha value is -4.08. The lowest BCUT2D eigenvalue weighted by atomic mass is 10.0. The normalized spacial score (nSPS) is 16.2. The van der Waals surface area contributed by atoms with Crippen molar-refractivity contribution in [3.8, 4) is 5.75 Å². The second-order valence-electron chi connectivity index (χ2n) is 8.12. The van der Waals surface area contributed by atoms with E-state index in [0.29, 0.717) is 24.1 Å². The summed E-state index contributed by atoms with van der Waals surface area (Å²) in [5.74, 6) is -9.02. The predicted molar refractivity (Wildman–Crippen MR) is 123 cm³/mol. The highest BCUT2D eigenvalue weighted by Crippen LogP contribution is 2.35. The molecule has 1 heterocycles. The lowest BCUT2D eigenvalue weighted by Crippen LogP contribution is -2.36. The van der Waals surface area contributed by atoms with Crippen molar-refractivity contribution in [1.82, 2.24) is 4.72 Å². The Morgan fingerprint density at radius 2 is 1.74 bits per heavy atom. The van der Waals surface area contributed by atoms with E-state index in [1.807, 2.05) is 0 Å². The third-order valence-electron chi connectivity index (χ3n) is 5.00. The molecule has 204 valence electrons. The molecule has 2 N–H and O–H groups in total. The van der Waals surface area contributed by atoms with Gasteiger partial charge in [-0.15, -0.1) is 13.2 Å². The lowest BCUT2D eigenvalue weighted by molar-refractivity contribution is -0.275. The summed E-state index contributed by atoms with van der Waals surface area (Å²) in [7, 11) is -4.88. The molecule has 3 rings (SSSR count). The quantitative estimate of drug-likeness (QED) is 0.392. The van der Waals surface area contributed by atoms with Gasteiger partial charge < -0.3 is 10.1 Å². The van der Waals surface area contributed by atoms with Crippen LogP contribution in [-0.2, 0) is 30.3 Å². The number of ether oxygens (including phenoxy) is 1. The zero-order valence-electron chi connectivity index (χ0n) is 19.8. The molecule has 1 atom stereocenters. The van der Waals surface area contributed by atoms with Crippen LogP contribution >= 0.6 is 0 Å². The van der Waals surface area contributed by atoms with Crippen LogP contribution in [0.1, 0.15) is 26.3 Å². The molecule has 0 aliphatic carbocycles. The standard InChI is InChI=1S/C22H19F5N4O6S/c1-11-18(19(33)28-14-6-4-5-13(9-14)21(3,23)24)20(34)31(29-11)15-7-8-16(37-22(25,26)27)17(10-15)38(35,36)30-12(2)32/h4-10,18H,1-3H3,(H,28,33)(H,30,32). The zero-order valence-corrected chi connectivity index (χ0v) is 20.6. The average molecular weight is 562 g/mol. The van der Waals surface area contributed by atoms with Crippen molar-refractivity contribution in [2.24, 2.45) is 11.0 Å². The van der Waals surface area contributed by atoms with E-state index >= 15 is 0 Å². The number of benzene rings is 2. The summed E-state index contributed by atoms with van der Waals surface area (Å²) in [6.07, 6.45) is -5.29. The van der Waals surface area contributed by atoms with E-state index in [-0.39, 0.29) is 17.1 Å². The molecule has 3 amide bonds. The number of anilines is 2. The maximum absolute atomic E-state index is 13.6. The first-order valence-electron chi connectivity index (χ1n) is 10.5. The summed E-state index contributed by atoms with van der Waals surface area (Å²) in [5.41, 5.74) is -0.873. The van der Waals surface area contributed by atoms with Gasteiger partial charge in [0.05, 0.1) is 11.4 Å². The number of hydrazone groups is 1. The van der Waals surface area contributed by atoms with Gasteiger partial charge in [0.15, 0.2) is 5.92 Å². The number of halogens is 5. The first-order chi connectivity index (χ1) is 17.4. The van der Waals surface area contributed by atoms with E-state index in [2.05, 4.69) is 15.2 Å². The minimum atomic E-state index is -5.29. The molecule has 0 bridgehead atoms. The highest BCUT2D eigenvalue weighted by Gasteiger charge is 2.41. The van der Waals surface area contributed by atoms with Gasteiger partial charge in [-0.05, 0) is 37.3 Å². The van der Waals surface area contributed by atoms with Crippen LogP contribution in [0.3, 0.4) is 0 Å². The maximum Gasteiger partial charge on any atom is 0.573 e. The van der Waals surface area contributed by atoms with Gasteiger partial charge in [-0.25, -0.2) is 21.9 Å². The molecule has 0 radical (unpaired) electrons. The van der Waals surface area contributed by atoms with Gasteiger partial charge in [0.25, 0.3) is 21.9 Å². The smallest absolute Gasteiger partial charge is 0.404 e. The number of carbonyl (C=O) groups is 3. The van der Waals surface area contributed by atoms with Gasteiger partial charge >= 0.3 is 6.36 Å². The summed E-state index contributed by atoms with van der Waals surface area (Å²) < 4.78 is 95.9. The Bertz CT molecular complexity index is 1440. The number of amides is 3. The second kappa shape index (κ2) is 10.00. The van der Waals surface area contributed by atoms with Crippen LogP contribution in [0.4, 0.5) is 33.3 Å². The van der Waals surface area contributed by atoms with Crippen molar-refractivity contribution in [2.75, 3.05) is 10.3 Å². The van der Waals surface area contributed by atoms with Crippen LogP contribution in [0.15, 0.2) is 52.5 Å². The van der Waals surface area contributed by atoms with Crippen LogP contribution in [0, 0.1) is 5.92 Å². The number of hydrogen-bond acceptors (Lipinski definition) is 7. The maximum atomic E-state index is 13.6. The van der Waals surface area contributed by atoms with E-state index < -0.39 is 62.2 Å². The van der Waals surface area contributed by atoms with E-state index in [9.17, 15) is 44.8 Å². The number of hydrogen-bond donors (Lipinski definition) is 2. The lowest BCUT2D eigenvalue weighted by Gasteiger charge is -2.18. The van der Waals surface area contributed by atoms with Crippen molar-refractivity contribution in [3.63, 3.8) is 0 Å². The monoisotopic (exact) mass is 562 g/mol. The summed E-state index contributed by atoms with van der Waals surface area (Å²) in [6, 6.07) is 6.83. The Balaban J connectivity index is 1.93. The van der Waals surface area contributed by atoms with E-state index in [4.69, 9.17) is 0 Å². The van der Waals surface area contributed by atoms with Crippen molar-refractivity contribution >= 4 is 44.8 Å². The van der Waals surface area contributed by atoms with Gasteiger partial charge in [-0.2, -0.15) is 10.1 Å². The van der Waals surface area contributed by atoms with E-state index in [1.165, 1.54) is 23.8 Å². The fourth-order valence-electron chi connectivity index (χ4n) is 3.43. The molecule has 10 nitrogen and oxygen atoms in total. The Kier molecular flexibility index (Phi) is 7.50. The molecule has 38 heavy (non-hydrogen) atoms. The van der Waals surface area contributed by atoms with E-state index in [1.54, 1.807) is 0 Å². The molecule has 0 spiro atoms. The molecular formula is C22H19F5N4O6S. The summed E-state index contributed by atoms with van der Waals surface area (Å²) in [4.78, 5) is 36.0. The third-order valence-corrected chi connectivity index (χ3v) is 6.45. The van der Waals surface area contributed by atoms with Crippen molar-refractivity contribution in [1.29, 1.82) is 0 Å². The molecule has 1 unspecified atom stereocenters. The van der Waals surface area contributed by atoms with Crippen molar-refractivity contribution in [2.45, 2.75) is 38.0 Å². The molecule has 0 saturated heterocycles. The molecule has 1 aliphatic rings. The van der Waals surface area contributed by atoms with Gasteiger partial charge in [-0.1, -0.05) is 12.1 Å². The highest BCUT2D eigenvalue weighted by atomic mass is 32.2. The summed E-state index contributed by atoms with van der Waals surface area (Å²) >= 11 is 0. The molecule has 0 saturated carbocycles. The third kappa shape index (κ3) is 6.42. The van der Waals surface area contributed by atoms with Crippen LogP contribution in [0.2, 0.25) is 0 Å². The Morgan fingerprint density at radius 3 is 2.32 bits per heavy atom. The summed E-state index contributed by atoms with van der Waals surface area (Å²) in [6.45, 7) is 2.76. The number of rotatable bonds is 7. The van der Waals surface area contributed by atoms with E-state index in [0.717, 1.165) is 25.1 Å². The van der Waals surface area contributed by atoms with Crippen LogP contribution in [0.5, 0.6) is 5.75 Å². The molecule has 2 aromatic carbocycles. The molecule has 16 heteroatoms. The van der Waals surface area contributed by atoms with Gasteiger partial charge in [0, 0.05) is 25.1 Å². The van der Waals surface area contributed by atoms with Crippen LogP contribution in [0.25, 0.3) is 0 Å². The predicted octanol–water partition coefficient (Wildman–Crippen LogP) is 3.50. The van der Waals surface area contributed by atoms with Crippen molar-refractivity contribution in [3.05, 3.63) is 48.0 Å². The zero-order chi connectivity index (χ0) is 28.6. The topological polar surface area (TPSA) is 134 Å². The number of carbonyl (C=O) groups excluding carboxylic acids is 3. The van der Waals surface area contributed by atoms with Crippen molar-refractivity contribution < 1.29 is 49.5 Å². The van der Waals surface area contributed by atoms with Gasteiger partial charge in [0.1, 0.15) is 10.6 Å². The first-order valence-corrected chi connectivity index (χ1v) is 12.0. The number of alkyl halides is 5. The fraction of sp³-hybridized carbons (Fsp3) is 0.273. The largest absolute Gasteiger partial charge is 0.573 e. The van der Waals surface area contributed by atoms with Gasteiger partial charge in [-0.3, -0.25) is 14.4 Å². The van der Waals surface area contributed by atoms with Crippen LogP contribution in [-0.4, -0.2) is 38.2 Å². The molecule has 2 aromatic rings. The minimum Gasteiger partial charge on any atom is -0.404 e. The molecule has 0 aromatic heterocycles. The molecule has 1 aliphatic heterocycles. The average Bonchev–Trinajstić information content (AvgIpc) is 3.05. The first kappa shape index (κ1) is 28.5. The van der Waals surface area contributed by atoms with Crippen LogP contribution < -0.4 is 19.8 Å². The Morgan fingerprint density at radius 1 is 1.08 bits per heavy atom. The number of nitrogens with zero attached hydrogens (tertiary/aromatic N) is 2. The molecular weight excluding hydrogens is 543 g/mol. The SMILES string of the molecule is CC(=O)NS(=O)(=O)c1cc(N2N=C(C)C(C(=O)Nc3cccc(C(C)(F)F)c3)C2=O)ccc1OC(F)(F)F. The highest BCUT2D eigenvalue weighted by molar-refractivity contribution is 7.90. The number of sulfonamides is 1. The minimum absolute atomic E-state index is 0.0367. The Labute approximate surface area is 212 Å². The fourth-order valence-corrected chi connectivity index (χ4v) is 4.57. The summed E-state index contributed by atoms with van der Waals surface area (Å²) in [5, 5.41) is 6.82. The molecule has 0 fully saturated rings. The van der Waals surface area contributed by atoms with Gasteiger partial charge in [0.2, 0.25) is 11.8 Å². The second-order valence-corrected chi connectivity index (χ2v) is 9.77.